The normalized spacial score (nSPS) is 15.8. The van der Waals surface area contributed by atoms with Crippen LogP contribution in [0.25, 0.3) is 17.0 Å². The number of hydrogen-bond donors (Lipinski definition) is 1. The Morgan fingerprint density at radius 2 is 1.84 bits per heavy atom. The number of benzene rings is 3. The summed E-state index contributed by atoms with van der Waals surface area (Å²) in [5.74, 6) is -0.749. The lowest BCUT2D eigenvalue weighted by Gasteiger charge is -2.08. The van der Waals surface area contributed by atoms with Gasteiger partial charge in [-0.2, -0.15) is 0 Å². The molecule has 186 valence electrons. The van der Waals surface area contributed by atoms with Crippen LogP contribution < -0.4 is 0 Å². The average Bonchev–Trinajstić information content (AvgIpc) is 3.38. The van der Waals surface area contributed by atoms with Crippen LogP contribution in [0.1, 0.15) is 18.1 Å². The lowest BCUT2D eigenvalue weighted by atomic mass is 10.1. The minimum absolute atomic E-state index is 0.0682. The van der Waals surface area contributed by atoms with Gasteiger partial charge in [0.15, 0.2) is 0 Å². The molecule has 0 atom stereocenters. The number of ether oxygens (including phenoxy) is 1. The number of thioether (sulfide) groups is 1. The van der Waals surface area contributed by atoms with Crippen molar-refractivity contribution >= 4 is 68.6 Å². The van der Waals surface area contributed by atoms with Crippen molar-refractivity contribution < 1.29 is 14.6 Å². The first kappa shape index (κ1) is 25.2. The molecule has 37 heavy (non-hydrogen) atoms. The zero-order valence-corrected chi connectivity index (χ0v) is 22.1. The van der Waals surface area contributed by atoms with Gasteiger partial charge in [-0.05, 0) is 48.9 Å². The zero-order valence-electron chi connectivity index (χ0n) is 19.8. The Kier molecular flexibility index (Phi) is 7.42. The van der Waals surface area contributed by atoms with Crippen molar-refractivity contribution in [1.29, 1.82) is 0 Å². The number of halogens is 2. The van der Waals surface area contributed by atoms with Crippen LogP contribution in [0, 0.1) is 0 Å². The lowest BCUT2D eigenvalue weighted by molar-refractivity contribution is -0.138. The van der Waals surface area contributed by atoms with E-state index in [-0.39, 0.29) is 17.9 Å². The number of carbonyl (C=O) groups excluding carboxylic acids is 1. The zero-order chi connectivity index (χ0) is 25.9. The molecular formula is C29H22Cl2N2O3S. The minimum atomic E-state index is -0.606. The number of hydrogen-bond acceptors (Lipinski definition) is 5. The number of carbonyl (C=O) groups is 1. The largest absolute Gasteiger partial charge is 0.506 e. The van der Waals surface area contributed by atoms with Crippen LogP contribution in [0.4, 0.5) is 5.69 Å². The Morgan fingerprint density at radius 1 is 1.08 bits per heavy atom. The van der Waals surface area contributed by atoms with E-state index in [1.165, 1.54) is 11.8 Å². The van der Waals surface area contributed by atoms with Gasteiger partial charge in [-0.15, -0.1) is 0 Å². The molecular weight excluding hydrogens is 527 g/mol. The third-order valence-electron chi connectivity index (χ3n) is 5.82. The summed E-state index contributed by atoms with van der Waals surface area (Å²) < 4.78 is 7.32. The molecule has 0 unspecified atom stereocenters. The number of aliphatic hydroxyl groups excluding tert-OH is 1. The van der Waals surface area contributed by atoms with Crippen molar-refractivity contribution in [2.45, 2.75) is 13.5 Å². The van der Waals surface area contributed by atoms with E-state index in [1.807, 2.05) is 79.0 Å². The van der Waals surface area contributed by atoms with Gasteiger partial charge in [-0.3, -0.25) is 0 Å². The Labute approximate surface area is 228 Å². The molecule has 0 saturated heterocycles. The number of aliphatic hydroxyl groups is 1. The molecule has 1 aromatic heterocycles. The summed E-state index contributed by atoms with van der Waals surface area (Å²) in [7, 11) is 0. The van der Waals surface area contributed by atoms with Crippen LogP contribution in [-0.2, 0) is 16.1 Å². The second-order valence-electron chi connectivity index (χ2n) is 8.27. The molecule has 0 saturated carbocycles. The molecule has 3 aromatic carbocycles. The van der Waals surface area contributed by atoms with Gasteiger partial charge in [0.25, 0.3) is 0 Å². The molecule has 0 radical (unpaired) electrons. The Bertz CT molecular complexity index is 1590. The Hall–Kier alpha value is -3.45. The van der Waals surface area contributed by atoms with E-state index in [0.29, 0.717) is 32.2 Å². The first-order valence-electron chi connectivity index (χ1n) is 11.6. The molecule has 0 bridgehead atoms. The van der Waals surface area contributed by atoms with Crippen molar-refractivity contribution in [3.63, 3.8) is 0 Å². The third kappa shape index (κ3) is 5.32. The maximum atomic E-state index is 12.7. The van der Waals surface area contributed by atoms with E-state index in [2.05, 4.69) is 9.56 Å². The summed E-state index contributed by atoms with van der Waals surface area (Å²) >= 11 is 13.7. The molecule has 8 heteroatoms. The van der Waals surface area contributed by atoms with Crippen molar-refractivity contribution in [2.24, 2.45) is 4.99 Å². The second kappa shape index (κ2) is 10.9. The van der Waals surface area contributed by atoms with Gasteiger partial charge < -0.3 is 14.4 Å². The highest BCUT2D eigenvalue weighted by molar-refractivity contribution is 8.18. The predicted molar refractivity (Wildman–Crippen MR) is 153 cm³/mol. The molecule has 1 aliphatic rings. The molecule has 0 spiro atoms. The summed E-state index contributed by atoms with van der Waals surface area (Å²) in [4.78, 5) is 17.9. The van der Waals surface area contributed by atoms with E-state index in [9.17, 15) is 9.90 Å². The number of fused-ring (bicyclic) bond motifs is 1. The standard InChI is InChI=1S/C29H22Cl2N2O3S/c1-2-36-29(35)26-27(34)25(37-28(26)32-21-8-4-3-5-9-21)14-19-17-33(24-11-7-6-10-22(19)24)16-18-12-13-20(30)15-23(18)31/h3-15,17,34H,2,16H2,1H3/b25-14-,32-28?. The molecule has 4 aromatic rings. The predicted octanol–water partition coefficient (Wildman–Crippen LogP) is 8.19. The van der Waals surface area contributed by atoms with Gasteiger partial charge in [0.1, 0.15) is 16.4 Å². The SMILES string of the molecule is CCOC(=O)C1=C(O)/C(=C/c2cn(Cc3ccc(Cl)cc3Cl)c3ccccc23)SC1=Nc1ccccc1. The van der Waals surface area contributed by atoms with Crippen LogP contribution >= 0.6 is 35.0 Å². The van der Waals surface area contributed by atoms with Crippen LogP contribution in [0.2, 0.25) is 10.0 Å². The molecule has 5 rings (SSSR count). The summed E-state index contributed by atoms with van der Waals surface area (Å²) in [5.41, 5.74) is 3.58. The number of aliphatic imine (C=N–C) groups is 1. The van der Waals surface area contributed by atoms with Crippen molar-refractivity contribution in [3.8, 4) is 0 Å². The molecule has 0 fully saturated rings. The van der Waals surface area contributed by atoms with Crippen LogP contribution in [-0.4, -0.2) is 27.3 Å². The number of aromatic nitrogens is 1. The van der Waals surface area contributed by atoms with E-state index in [0.717, 1.165) is 22.0 Å². The number of nitrogens with zero attached hydrogens (tertiary/aromatic N) is 2. The molecule has 1 aliphatic heterocycles. The highest BCUT2D eigenvalue weighted by Crippen LogP contribution is 2.41. The molecule has 0 amide bonds. The van der Waals surface area contributed by atoms with E-state index < -0.39 is 5.97 Å². The highest BCUT2D eigenvalue weighted by Gasteiger charge is 2.33. The quantitative estimate of drug-likeness (QED) is 0.246. The monoisotopic (exact) mass is 548 g/mol. The molecule has 0 aliphatic carbocycles. The van der Waals surface area contributed by atoms with Crippen molar-refractivity contribution in [2.75, 3.05) is 6.61 Å². The maximum Gasteiger partial charge on any atom is 0.344 e. The van der Waals surface area contributed by atoms with Gasteiger partial charge in [-0.25, -0.2) is 9.79 Å². The van der Waals surface area contributed by atoms with Crippen LogP contribution in [0.15, 0.2) is 100 Å². The number of rotatable bonds is 6. The van der Waals surface area contributed by atoms with Crippen LogP contribution in [0.3, 0.4) is 0 Å². The summed E-state index contributed by atoms with van der Waals surface area (Å²) in [6.45, 7) is 2.46. The molecule has 1 N–H and O–H groups in total. The molecule has 2 heterocycles. The average molecular weight is 549 g/mol. The highest BCUT2D eigenvalue weighted by atomic mass is 35.5. The lowest BCUT2D eigenvalue weighted by Crippen LogP contribution is -2.12. The fraction of sp³-hybridized carbons (Fsp3) is 0.103. The Balaban J connectivity index is 1.57. The van der Waals surface area contributed by atoms with Crippen molar-refractivity contribution in [3.05, 3.63) is 116 Å². The van der Waals surface area contributed by atoms with Gasteiger partial charge in [0, 0.05) is 39.3 Å². The molecule has 5 nitrogen and oxygen atoms in total. The Morgan fingerprint density at radius 3 is 2.59 bits per heavy atom. The summed E-state index contributed by atoms with van der Waals surface area (Å²) in [6.07, 6.45) is 3.88. The topological polar surface area (TPSA) is 63.8 Å². The fourth-order valence-electron chi connectivity index (χ4n) is 4.11. The number of esters is 1. The number of para-hydroxylation sites is 2. The fourth-order valence-corrected chi connectivity index (χ4v) is 5.60. The van der Waals surface area contributed by atoms with E-state index in [4.69, 9.17) is 27.9 Å². The van der Waals surface area contributed by atoms with E-state index >= 15 is 0 Å². The maximum absolute atomic E-state index is 12.7. The summed E-state index contributed by atoms with van der Waals surface area (Å²) in [6, 6.07) is 22.8. The smallest absolute Gasteiger partial charge is 0.344 e. The van der Waals surface area contributed by atoms with E-state index in [1.54, 1.807) is 13.0 Å². The third-order valence-corrected chi connectivity index (χ3v) is 7.43. The van der Waals surface area contributed by atoms with Gasteiger partial charge in [0.2, 0.25) is 0 Å². The summed E-state index contributed by atoms with van der Waals surface area (Å²) in [5, 5.41) is 13.7. The van der Waals surface area contributed by atoms with Crippen LogP contribution in [0.5, 0.6) is 0 Å². The minimum Gasteiger partial charge on any atom is -0.506 e. The van der Waals surface area contributed by atoms with Gasteiger partial charge >= 0.3 is 5.97 Å². The first-order chi connectivity index (χ1) is 17.9. The second-order valence-corrected chi connectivity index (χ2v) is 10.1. The van der Waals surface area contributed by atoms with Gasteiger partial charge in [-0.1, -0.05) is 77.4 Å². The van der Waals surface area contributed by atoms with Gasteiger partial charge in [0.05, 0.1) is 17.2 Å². The van der Waals surface area contributed by atoms with Crippen molar-refractivity contribution in [1.82, 2.24) is 4.57 Å². The first-order valence-corrected chi connectivity index (χ1v) is 13.2.